The van der Waals surface area contributed by atoms with Crippen LogP contribution in [-0.4, -0.2) is 60.9 Å². The number of hydrogen-bond donors (Lipinski definition) is 0. The van der Waals surface area contributed by atoms with Gasteiger partial charge >= 0.3 is 11.9 Å². The zero-order valence-corrected chi connectivity index (χ0v) is 26.5. The highest BCUT2D eigenvalue weighted by molar-refractivity contribution is 5.88. The maximum atomic E-state index is 12.8. The summed E-state index contributed by atoms with van der Waals surface area (Å²) in [4.78, 5) is 27.9. The molecule has 1 aliphatic heterocycles. The number of methoxy groups -OCH3 is 2. The molecule has 3 rings (SSSR count). The number of hydrogen-bond acceptors (Lipinski definition) is 9. The Morgan fingerprint density at radius 1 is 0.886 bits per heavy atom. The van der Waals surface area contributed by atoms with Crippen LogP contribution in [0.1, 0.15) is 76.1 Å². The Hall–Kier alpha value is -4.60. The third kappa shape index (κ3) is 8.72. The predicted octanol–water partition coefficient (Wildman–Crippen LogP) is 6.06. The molecule has 0 saturated carbocycles. The van der Waals surface area contributed by atoms with Crippen molar-refractivity contribution >= 4 is 24.1 Å². The van der Waals surface area contributed by atoms with E-state index in [2.05, 4.69) is 44.7 Å². The van der Waals surface area contributed by atoms with E-state index in [1.807, 2.05) is 6.92 Å². The lowest BCUT2D eigenvalue weighted by atomic mass is 9.77. The molecule has 0 N–H and O–H groups in total. The van der Waals surface area contributed by atoms with E-state index in [9.17, 15) is 20.1 Å². The number of carbonyl (C=O) groups is 2. The maximum absolute atomic E-state index is 12.8. The number of ether oxygens (including phenoxy) is 4. The van der Waals surface area contributed by atoms with E-state index >= 15 is 0 Å². The molecule has 1 unspecified atom stereocenters. The summed E-state index contributed by atoms with van der Waals surface area (Å²) in [6.07, 6.45) is 6.98. The highest BCUT2D eigenvalue weighted by Crippen LogP contribution is 2.40. The zero-order valence-electron chi connectivity index (χ0n) is 26.5. The molecule has 232 valence electrons. The van der Waals surface area contributed by atoms with Crippen molar-refractivity contribution in [1.82, 2.24) is 4.90 Å². The number of esters is 2. The fraction of sp³-hybridized carbons (Fsp3) is 0.429. The summed E-state index contributed by atoms with van der Waals surface area (Å²) in [6, 6.07) is 14.4. The summed E-state index contributed by atoms with van der Waals surface area (Å²) in [5.41, 5.74) is 1.28. The molecule has 9 nitrogen and oxygen atoms in total. The zero-order chi connectivity index (χ0) is 32.5. The average molecular weight is 600 g/mol. The number of nitriles is 2. The van der Waals surface area contributed by atoms with Crippen molar-refractivity contribution in [2.45, 2.75) is 77.2 Å². The summed E-state index contributed by atoms with van der Waals surface area (Å²) in [6.45, 7) is 10.9. The molecule has 0 amide bonds. The monoisotopic (exact) mass is 599 g/mol. The number of rotatable bonds is 11. The number of carbonyl (C=O) groups excluding carboxylic acids is 2. The Labute approximate surface area is 260 Å². The minimum atomic E-state index is -0.487. The van der Waals surface area contributed by atoms with Gasteiger partial charge in [0.1, 0.15) is 23.7 Å². The van der Waals surface area contributed by atoms with Gasteiger partial charge in [0.15, 0.2) is 0 Å². The molecule has 1 atom stereocenters. The first-order valence-electron chi connectivity index (χ1n) is 14.6. The number of likely N-dealkylation sites (tertiary alicyclic amines) is 1. The molecule has 0 spiro atoms. The van der Waals surface area contributed by atoms with Gasteiger partial charge in [-0.2, -0.15) is 10.5 Å². The second-order valence-electron chi connectivity index (χ2n) is 12.0. The number of piperidine rings is 1. The Bertz CT molecular complexity index is 1480. The average Bonchev–Trinajstić information content (AvgIpc) is 2.99. The van der Waals surface area contributed by atoms with Gasteiger partial charge in [0.2, 0.25) is 0 Å². The minimum Gasteiger partial charge on any atom is -0.497 e. The summed E-state index contributed by atoms with van der Waals surface area (Å²) in [5.74, 6) is 0.171. The summed E-state index contributed by atoms with van der Waals surface area (Å²) >= 11 is 0. The molecule has 1 fully saturated rings. The Morgan fingerprint density at radius 3 is 1.80 bits per heavy atom. The van der Waals surface area contributed by atoms with E-state index in [1.54, 1.807) is 48.6 Å². The molecule has 0 radical (unpaired) electrons. The molecule has 2 aromatic rings. The molecular formula is C35H41N3O6. The second kappa shape index (κ2) is 14.7. The Balaban J connectivity index is 1.64. The van der Waals surface area contributed by atoms with Crippen molar-refractivity contribution in [3.63, 3.8) is 0 Å². The van der Waals surface area contributed by atoms with Crippen LogP contribution in [0.5, 0.6) is 11.5 Å². The van der Waals surface area contributed by atoms with Crippen LogP contribution in [0.3, 0.4) is 0 Å². The first kappa shape index (κ1) is 33.9. The van der Waals surface area contributed by atoms with E-state index in [0.29, 0.717) is 59.6 Å². The lowest BCUT2D eigenvalue weighted by Gasteiger charge is -2.55. The van der Waals surface area contributed by atoms with Crippen LogP contribution >= 0.6 is 0 Å². The summed E-state index contributed by atoms with van der Waals surface area (Å²) in [7, 11) is 3.06. The third-order valence-corrected chi connectivity index (χ3v) is 7.88. The summed E-state index contributed by atoms with van der Waals surface area (Å²) in [5, 5.41) is 18.9. The van der Waals surface area contributed by atoms with Crippen LogP contribution in [0.2, 0.25) is 0 Å². The smallest absolute Gasteiger partial charge is 0.331 e. The minimum absolute atomic E-state index is 0.316. The molecule has 1 saturated heterocycles. The predicted molar refractivity (Wildman–Crippen MR) is 168 cm³/mol. The number of nitrogens with zero attached hydrogens (tertiary/aromatic N) is 3. The van der Waals surface area contributed by atoms with Crippen LogP contribution in [0.25, 0.3) is 12.2 Å². The molecular weight excluding hydrogens is 558 g/mol. The van der Waals surface area contributed by atoms with E-state index in [4.69, 9.17) is 18.9 Å². The molecule has 44 heavy (non-hydrogen) atoms. The van der Waals surface area contributed by atoms with Gasteiger partial charge in [-0.1, -0.05) is 6.92 Å². The van der Waals surface area contributed by atoms with Crippen LogP contribution in [-0.2, 0) is 19.1 Å². The van der Waals surface area contributed by atoms with Crippen LogP contribution in [0.4, 0.5) is 0 Å². The van der Waals surface area contributed by atoms with E-state index in [-0.39, 0.29) is 23.3 Å². The van der Waals surface area contributed by atoms with Crippen LogP contribution in [0.15, 0.2) is 48.6 Å². The molecule has 0 aliphatic carbocycles. The van der Waals surface area contributed by atoms with Crippen molar-refractivity contribution in [3.05, 3.63) is 70.8 Å². The Kier molecular flexibility index (Phi) is 11.3. The fourth-order valence-electron chi connectivity index (χ4n) is 5.79. The van der Waals surface area contributed by atoms with Crippen molar-refractivity contribution < 1.29 is 28.5 Å². The fourth-order valence-corrected chi connectivity index (χ4v) is 5.79. The van der Waals surface area contributed by atoms with Crippen molar-refractivity contribution in [3.8, 4) is 23.6 Å². The highest BCUT2D eigenvalue weighted by atomic mass is 16.5. The van der Waals surface area contributed by atoms with Crippen LogP contribution < -0.4 is 9.47 Å². The number of benzene rings is 2. The van der Waals surface area contributed by atoms with Gasteiger partial charge in [-0.25, -0.2) is 9.59 Å². The van der Waals surface area contributed by atoms with E-state index in [1.165, 1.54) is 26.4 Å². The largest absolute Gasteiger partial charge is 0.497 e. The molecule has 0 aromatic heterocycles. The third-order valence-electron chi connectivity index (χ3n) is 7.88. The van der Waals surface area contributed by atoms with E-state index in [0.717, 1.165) is 0 Å². The quantitative estimate of drug-likeness (QED) is 0.224. The van der Waals surface area contributed by atoms with Crippen molar-refractivity contribution in [2.24, 2.45) is 0 Å². The van der Waals surface area contributed by atoms with Gasteiger partial charge in [-0.15, -0.1) is 0 Å². The molecule has 0 bridgehead atoms. The van der Waals surface area contributed by atoms with Crippen molar-refractivity contribution in [2.75, 3.05) is 20.8 Å². The lowest BCUT2D eigenvalue weighted by molar-refractivity contribution is -0.161. The standard InChI is InChI=1S/C35H41N3O6/c1-8-28(43-32(39)15-11-24-9-13-29(41-6)17-26(24)21-36)23-38-34(2,3)19-31(20-35(38,4)5)44-33(40)16-12-25-10-14-30(42-7)18-27(25)22-37/h9-18,28,31H,8,19-20,23H2,1-7H3. The molecule has 1 aliphatic rings. The topological polar surface area (TPSA) is 122 Å². The molecule has 9 heteroatoms. The highest BCUT2D eigenvalue weighted by Gasteiger charge is 2.47. The SMILES string of the molecule is CCC(CN1C(C)(C)CC(OC(=O)C=Cc2ccc(OC)cc2C#N)CC1(C)C)OC(=O)C=Cc1ccc(OC)cc1C#N. The Morgan fingerprint density at radius 2 is 1.36 bits per heavy atom. The van der Waals surface area contributed by atoms with Crippen LogP contribution in [0, 0.1) is 22.7 Å². The van der Waals surface area contributed by atoms with E-state index < -0.39 is 11.9 Å². The van der Waals surface area contributed by atoms with Gasteiger partial charge in [-0.05, 0) is 93.8 Å². The summed E-state index contributed by atoms with van der Waals surface area (Å²) < 4.78 is 22.0. The van der Waals surface area contributed by atoms with Gasteiger partial charge in [0, 0.05) is 42.6 Å². The lowest BCUT2D eigenvalue weighted by Crippen LogP contribution is -2.64. The van der Waals surface area contributed by atoms with Gasteiger partial charge in [-0.3, -0.25) is 4.90 Å². The second-order valence-corrected chi connectivity index (χ2v) is 12.0. The van der Waals surface area contributed by atoms with Gasteiger partial charge in [0.05, 0.1) is 37.5 Å². The molecule has 1 heterocycles. The normalized spacial score (nSPS) is 17.0. The van der Waals surface area contributed by atoms with Crippen molar-refractivity contribution in [1.29, 1.82) is 10.5 Å². The maximum Gasteiger partial charge on any atom is 0.331 e. The van der Waals surface area contributed by atoms with Gasteiger partial charge in [0.25, 0.3) is 0 Å². The first-order chi connectivity index (χ1) is 20.8. The van der Waals surface area contributed by atoms with Gasteiger partial charge < -0.3 is 18.9 Å². The first-order valence-corrected chi connectivity index (χ1v) is 14.6. The molecule has 2 aromatic carbocycles.